The van der Waals surface area contributed by atoms with Gasteiger partial charge in [0, 0.05) is 7.05 Å². The van der Waals surface area contributed by atoms with Crippen LogP contribution in [0.5, 0.6) is 0 Å². The molecule has 1 aromatic carbocycles. The predicted octanol–water partition coefficient (Wildman–Crippen LogP) is 0.940. The molecule has 0 aliphatic heterocycles. The largest absolute Gasteiger partial charge is 0.454 e. The zero-order chi connectivity index (χ0) is 18.5. The van der Waals surface area contributed by atoms with Gasteiger partial charge in [-0.25, -0.2) is 8.42 Å². The first-order valence-corrected chi connectivity index (χ1v) is 8.96. The summed E-state index contributed by atoms with van der Waals surface area (Å²) >= 11 is 0. The number of carbonyl (C=O) groups is 2. The van der Waals surface area contributed by atoms with Crippen molar-refractivity contribution in [2.45, 2.75) is 44.0 Å². The fraction of sp³-hybridized carbons (Fsp3) is 0.500. The van der Waals surface area contributed by atoms with E-state index in [1.807, 2.05) is 20.8 Å². The Kier molecular flexibility index (Phi) is 6.50. The van der Waals surface area contributed by atoms with Crippen molar-refractivity contribution < 1.29 is 22.7 Å². The number of nitrogens with one attached hydrogen (secondary N) is 2. The second-order valence-corrected chi connectivity index (χ2v) is 8.11. The Morgan fingerprint density at radius 2 is 1.71 bits per heavy atom. The molecule has 1 amide bonds. The Balaban J connectivity index is 2.78. The number of hydrogen-bond acceptors (Lipinski definition) is 5. The number of rotatable bonds is 6. The summed E-state index contributed by atoms with van der Waals surface area (Å²) in [4.78, 5) is 22.8. The van der Waals surface area contributed by atoms with Crippen LogP contribution in [0.2, 0.25) is 0 Å². The van der Waals surface area contributed by atoms with E-state index >= 15 is 0 Å². The minimum absolute atomic E-state index is 0.0569. The minimum Gasteiger partial charge on any atom is -0.454 e. The maximum Gasteiger partial charge on any atom is 0.324 e. The van der Waals surface area contributed by atoms with Crippen LogP contribution in [0.15, 0.2) is 29.2 Å². The average molecular weight is 356 g/mol. The molecule has 0 aromatic heterocycles. The highest BCUT2D eigenvalue weighted by Crippen LogP contribution is 2.23. The molecule has 0 unspecified atom stereocenters. The Hall–Kier alpha value is -1.93. The lowest BCUT2D eigenvalue weighted by atomic mass is 9.87. The molecule has 1 atom stereocenters. The highest BCUT2D eigenvalue weighted by Gasteiger charge is 2.24. The van der Waals surface area contributed by atoms with E-state index in [0.717, 1.165) is 5.56 Å². The predicted molar refractivity (Wildman–Crippen MR) is 90.0 cm³/mol. The number of hydrogen-bond donors (Lipinski definition) is 2. The van der Waals surface area contributed by atoms with Crippen LogP contribution in [0.4, 0.5) is 0 Å². The van der Waals surface area contributed by atoms with Crippen LogP contribution in [-0.4, -0.2) is 40.0 Å². The molecule has 8 heteroatoms. The van der Waals surface area contributed by atoms with E-state index in [4.69, 9.17) is 4.74 Å². The van der Waals surface area contributed by atoms with Crippen molar-refractivity contribution in [3.63, 3.8) is 0 Å². The number of benzene rings is 1. The molecule has 1 aromatic rings. The molecule has 7 nitrogen and oxygen atoms in total. The van der Waals surface area contributed by atoms with Crippen molar-refractivity contribution in [1.82, 2.24) is 10.0 Å². The molecule has 0 aliphatic carbocycles. The molecule has 24 heavy (non-hydrogen) atoms. The van der Waals surface area contributed by atoms with Gasteiger partial charge in [0.15, 0.2) is 6.61 Å². The van der Waals surface area contributed by atoms with E-state index in [-0.39, 0.29) is 10.3 Å². The smallest absolute Gasteiger partial charge is 0.324 e. The Labute approximate surface area is 142 Å². The van der Waals surface area contributed by atoms with Gasteiger partial charge >= 0.3 is 5.97 Å². The van der Waals surface area contributed by atoms with Gasteiger partial charge < -0.3 is 10.1 Å². The first kappa shape index (κ1) is 20.1. The third-order valence-electron chi connectivity index (χ3n) is 3.34. The molecule has 0 spiro atoms. The third kappa shape index (κ3) is 5.61. The van der Waals surface area contributed by atoms with Gasteiger partial charge in [0.05, 0.1) is 4.90 Å². The van der Waals surface area contributed by atoms with E-state index in [1.54, 1.807) is 12.1 Å². The number of ether oxygens (including phenoxy) is 1. The van der Waals surface area contributed by atoms with Crippen molar-refractivity contribution >= 4 is 21.9 Å². The summed E-state index contributed by atoms with van der Waals surface area (Å²) in [7, 11) is -2.46. The van der Waals surface area contributed by atoms with Crippen LogP contribution in [0.1, 0.15) is 33.3 Å². The third-order valence-corrected chi connectivity index (χ3v) is 4.90. The molecular formula is C16H24N2O5S. The summed E-state index contributed by atoms with van der Waals surface area (Å²) in [6, 6.07) is 5.35. The van der Waals surface area contributed by atoms with Crippen molar-refractivity contribution in [1.29, 1.82) is 0 Å². The summed E-state index contributed by atoms with van der Waals surface area (Å²) < 4.78 is 31.6. The molecule has 0 saturated carbocycles. The van der Waals surface area contributed by atoms with Crippen molar-refractivity contribution in [2.75, 3.05) is 13.7 Å². The maximum atomic E-state index is 12.3. The lowest BCUT2D eigenvalue weighted by Crippen LogP contribution is -2.40. The van der Waals surface area contributed by atoms with E-state index in [9.17, 15) is 18.0 Å². The monoisotopic (exact) mass is 356 g/mol. The second kappa shape index (κ2) is 7.76. The van der Waals surface area contributed by atoms with E-state index in [1.165, 1.54) is 26.1 Å². The highest BCUT2D eigenvalue weighted by atomic mass is 32.2. The summed E-state index contributed by atoms with van der Waals surface area (Å²) in [6.45, 7) is 6.98. The van der Waals surface area contributed by atoms with Crippen LogP contribution < -0.4 is 10.0 Å². The minimum atomic E-state index is -3.86. The first-order valence-electron chi connectivity index (χ1n) is 7.47. The van der Waals surface area contributed by atoms with Gasteiger partial charge in [-0.3, -0.25) is 9.59 Å². The number of esters is 1. The van der Waals surface area contributed by atoms with Gasteiger partial charge in [0.25, 0.3) is 5.91 Å². The van der Waals surface area contributed by atoms with Gasteiger partial charge in [-0.1, -0.05) is 32.9 Å². The number of carbonyl (C=O) groups excluding carboxylic acids is 2. The van der Waals surface area contributed by atoms with Gasteiger partial charge in [-0.15, -0.1) is 0 Å². The number of amides is 1. The first-order chi connectivity index (χ1) is 11.0. The highest BCUT2D eigenvalue weighted by molar-refractivity contribution is 7.89. The average Bonchev–Trinajstić information content (AvgIpc) is 2.51. The SMILES string of the molecule is CNC(=O)COC(=O)[C@H](C)NS(=O)(=O)c1ccc(C(C)(C)C)cc1. The maximum absolute atomic E-state index is 12.3. The van der Waals surface area contributed by atoms with Gasteiger partial charge in [0.2, 0.25) is 10.0 Å². The summed E-state index contributed by atoms with van der Waals surface area (Å²) in [5, 5.41) is 2.30. The quantitative estimate of drug-likeness (QED) is 0.739. The Morgan fingerprint density at radius 3 is 2.17 bits per heavy atom. The topological polar surface area (TPSA) is 102 Å². The molecule has 0 saturated heterocycles. The lowest BCUT2D eigenvalue weighted by Gasteiger charge is -2.19. The summed E-state index contributed by atoms with van der Waals surface area (Å²) in [5.41, 5.74) is 0.909. The van der Waals surface area contributed by atoms with Crippen LogP contribution in [0.3, 0.4) is 0 Å². The van der Waals surface area contributed by atoms with Gasteiger partial charge in [0.1, 0.15) is 6.04 Å². The molecule has 134 valence electrons. The Morgan fingerprint density at radius 1 is 1.17 bits per heavy atom. The molecule has 0 aliphatic rings. The molecule has 1 rings (SSSR count). The second-order valence-electron chi connectivity index (χ2n) is 6.40. The van der Waals surface area contributed by atoms with E-state index in [0.29, 0.717) is 0 Å². The van der Waals surface area contributed by atoms with E-state index < -0.39 is 34.5 Å². The zero-order valence-corrected chi connectivity index (χ0v) is 15.4. The molecule has 0 radical (unpaired) electrons. The van der Waals surface area contributed by atoms with Gasteiger partial charge in [-0.2, -0.15) is 4.72 Å². The zero-order valence-electron chi connectivity index (χ0n) is 14.5. The van der Waals surface area contributed by atoms with E-state index in [2.05, 4.69) is 10.0 Å². The van der Waals surface area contributed by atoms with Crippen LogP contribution in [-0.2, 0) is 29.8 Å². The van der Waals surface area contributed by atoms with Crippen molar-refractivity contribution in [3.8, 4) is 0 Å². The van der Waals surface area contributed by atoms with Crippen molar-refractivity contribution in [3.05, 3.63) is 29.8 Å². The molecule has 0 heterocycles. The van der Waals surface area contributed by atoms with Crippen LogP contribution in [0, 0.1) is 0 Å². The molecule has 0 fully saturated rings. The fourth-order valence-corrected chi connectivity index (χ4v) is 3.01. The lowest BCUT2D eigenvalue weighted by molar-refractivity contribution is -0.149. The fourth-order valence-electron chi connectivity index (χ4n) is 1.82. The van der Waals surface area contributed by atoms with Gasteiger partial charge in [-0.05, 0) is 30.0 Å². The number of sulfonamides is 1. The summed E-state index contributed by atoms with van der Waals surface area (Å²) in [6.07, 6.45) is 0. The Bertz CT molecular complexity index is 690. The van der Waals surface area contributed by atoms with Crippen LogP contribution in [0.25, 0.3) is 0 Å². The standard InChI is InChI=1S/C16H24N2O5S/c1-11(15(20)23-10-14(19)17-5)18-24(21,22)13-8-6-12(7-9-13)16(2,3)4/h6-9,11,18H,10H2,1-5H3,(H,17,19)/t11-/m0/s1. The summed E-state index contributed by atoms with van der Waals surface area (Å²) in [5.74, 6) is -1.30. The normalized spacial score (nSPS) is 13.2. The van der Waals surface area contributed by atoms with Crippen LogP contribution >= 0.6 is 0 Å². The molecular weight excluding hydrogens is 332 g/mol. The number of likely N-dealkylation sites (N-methyl/N-ethyl adjacent to an activating group) is 1. The van der Waals surface area contributed by atoms with Crippen molar-refractivity contribution in [2.24, 2.45) is 0 Å². The molecule has 0 bridgehead atoms. The molecule has 2 N–H and O–H groups in total.